The van der Waals surface area contributed by atoms with E-state index in [1.807, 2.05) is 50.2 Å². The largest absolute Gasteiger partial charge is 0.473 e. The molecular formula is C20H18ClNO3. The van der Waals surface area contributed by atoms with Gasteiger partial charge in [0.2, 0.25) is 0 Å². The van der Waals surface area contributed by atoms with E-state index in [0.717, 1.165) is 33.5 Å². The summed E-state index contributed by atoms with van der Waals surface area (Å²) in [6.45, 7) is 5.00. The van der Waals surface area contributed by atoms with Crippen molar-refractivity contribution in [2.45, 2.75) is 26.8 Å². The van der Waals surface area contributed by atoms with Gasteiger partial charge in [0, 0.05) is 21.7 Å². The number of aryl methyl sites for hydroxylation is 1. The zero-order valence-electron chi connectivity index (χ0n) is 14.1. The lowest BCUT2D eigenvalue weighted by atomic mass is 10.0. The van der Waals surface area contributed by atoms with Crippen molar-refractivity contribution in [2.75, 3.05) is 11.6 Å². The number of hydrogen-bond acceptors (Lipinski definition) is 4. The zero-order valence-corrected chi connectivity index (χ0v) is 14.9. The van der Waals surface area contributed by atoms with Crippen molar-refractivity contribution in [3.8, 4) is 5.75 Å². The molecule has 0 spiro atoms. The maximum absolute atomic E-state index is 12.3. The van der Waals surface area contributed by atoms with Crippen molar-refractivity contribution in [2.24, 2.45) is 0 Å². The first-order chi connectivity index (χ1) is 12.1. The Balaban J connectivity index is 1.84. The summed E-state index contributed by atoms with van der Waals surface area (Å²) >= 11 is 5.97. The predicted octanol–water partition coefficient (Wildman–Crippen LogP) is 4.67. The highest BCUT2D eigenvalue weighted by Gasteiger charge is 2.23. The maximum Gasteiger partial charge on any atom is 0.339 e. The number of nitrogens with zero attached hydrogens (tertiary/aromatic N) is 1. The van der Waals surface area contributed by atoms with Crippen molar-refractivity contribution in [3.05, 3.63) is 68.5 Å². The highest BCUT2D eigenvalue weighted by atomic mass is 35.5. The van der Waals surface area contributed by atoms with Crippen LogP contribution >= 0.6 is 11.6 Å². The highest BCUT2D eigenvalue weighted by molar-refractivity contribution is 6.30. The van der Waals surface area contributed by atoms with Crippen molar-refractivity contribution in [1.29, 1.82) is 0 Å². The molecular weight excluding hydrogens is 338 g/mol. The van der Waals surface area contributed by atoms with E-state index < -0.39 is 0 Å². The molecule has 0 amide bonds. The standard InChI is InChI=1S/C20H18ClNO3/c1-3-15-12(2)16-8-9-18-17(19(16)25-20(15)23)10-22(11-24-18)14-6-4-13(21)5-7-14/h4-9H,3,10-11H2,1-2H3. The smallest absolute Gasteiger partial charge is 0.339 e. The number of rotatable bonds is 2. The van der Waals surface area contributed by atoms with E-state index in [4.69, 9.17) is 20.8 Å². The molecule has 0 atom stereocenters. The van der Waals surface area contributed by atoms with Crippen LogP contribution in [0.5, 0.6) is 5.75 Å². The van der Waals surface area contributed by atoms with Gasteiger partial charge in [-0.05, 0) is 55.3 Å². The van der Waals surface area contributed by atoms with E-state index in [9.17, 15) is 4.79 Å². The molecule has 0 unspecified atom stereocenters. The van der Waals surface area contributed by atoms with E-state index in [-0.39, 0.29) is 5.63 Å². The number of ether oxygens (including phenoxy) is 1. The molecule has 5 heteroatoms. The average Bonchev–Trinajstić information content (AvgIpc) is 2.62. The van der Waals surface area contributed by atoms with Crippen LogP contribution in [-0.4, -0.2) is 6.73 Å². The number of fused-ring (bicyclic) bond motifs is 3. The molecule has 1 aliphatic heterocycles. The number of halogens is 1. The Labute approximate surface area is 150 Å². The topological polar surface area (TPSA) is 42.7 Å². The molecule has 1 aromatic heterocycles. The summed E-state index contributed by atoms with van der Waals surface area (Å²) in [6.07, 6.45) is 0.661. The van der Waals surface area contributed by atoms with Gasteiger partial charge < -0.3 is 14.1 Å². The molecule has 128 valence electrons. The number of hydrogen-bond donors (Lipinski definition) is 0. The second-order valence-corrected chi connectivity index (χ2v) is 6.65. The number of benzene rings is 2. The predicted molar refractivity (Wildman–Crippen MR) is 99.7 cm³/mol. The third-order valence-corrected chi connectivity index (χ3v) is 5.04. The van der Waals surface area contributed by atoms with Gasteiger partial charge in [-0.2, -0.15) is 0 Å². The molecule has 4 rings (SSSR count). The van der Waals surface area contributed by atoms with Crippen LogP contribution in [-0.2, 0) is 13.0 Å². The van der Waals surface area contributed by atoms with E-state index in [2.05, 4.69) is 4.90 Å². The minimum atomic E-state index is -0.260. The van der Waals surface area contributed by atoms with Crippen molar-refractivity contribution >= 4 is 28.3 Å². The Kier molecular flexibility index (Phi) is 3.92. The van der Waals surface area contributed by atoms with Gasteiger partial charge in [-0.1, -0.05) is 18.5 Å². The van der Waals surface area contributed by atoms with Crippen LogP contribution in [0.1, 0.15) is 23.6 Å². The van der Waals surface area contributed by atoms with Crippen molar-refractivity contribution in [3.63, 3.8) is 0 Å². The second kappa shape index (κ2) is 6.12. The summed E-state index contributed by atoms with van der Waals surface area (Å²) in [5.74, 6) is 0.768. The molecule has 0 saturated carbocycles. The molecule has 0 saturated heterocycles. The second-order valence-electron chi connectivity index (χ2n) is 6.21. The van der Waals surface area contributed by atoms with Crippen LogP contribution in [0.3, 0.4) is 0 Å². The summed E-state index contributed by atoms with van der Waals surface area (Å²) < 4.78 is 11.6. The lowest BCUT2D eigenvalue weighted by molar-refractivity contribution is 0.289. The first-order valence-electron chi connectivity index (χ1n) is 8.30. The fourth-order valence-corrected chi connectivity index (χ4v) is 3.51. The monoisotopic (exact) mass is 355 g/mol. The first kappa shape index (κ1) is 16.0. The molecule has 2 heterocycles. The van der Waals surface area contributed by atoms with Crippen molar-refractivity contribution in [1.82, 2.24) is 0 Å². The Bertz CT molecular complexity index is 1010. The molecule has 25 heavy (non-hydrogen) atoms. The minimum absolute atomic E-state index is 0.260. The maximum atomic E-state index is 12.3. The third-order valence-electron chi connectivity index (χ3n) is 4.79. The normalized spacial score (nSPS) is 13.6. The van der Waals surface area contributed by atoms with Gasteiger partial charge >= 0.3 is 5.63 Å². The van der Waals surface area contributed by atoms with Crippen LogP contribution < -0.4 is 15.3 Å². The average molecular weight is 356 g/mol. The molecule has 3 aromatic rings. The quantitative estimate of drug-likeness (QED) is 0.626. The Morgan fingerprint density at radius 1 is 1.16 bits per heavy atom. The van der Waals surface area contributed by atoms with Gasteiger partial charge in [-0.15, -0.1) is 0 Å². The van der Waals surface area contributed by atoms with E-state index in [1.165, 1.54) is 0 Å². The van der Waals surface area contributed by atoms with Gasteiger partial charge in [0.05, 0.1) is 12.1 Å². The minimum Gasteiger partial charge on any atom is -0.473 e. The van der Waals surface area contributed by atoms with Gasteiger partial charge in [0.1, 0.15) is 11.3 Å². The first-order valence-corrected chi connectivity index (χ1v) is 8.67. The Morgan fingerprint density at radius 2 is 1.92 bits per heavy atom. The van der Waals surface area contributed by atoms with Gasteiger partial charge in [0.25, 0.3) is 0 Å². The lowest BCUT2D eigenvalue weighted by Crippen LogP contribution is -2.32. The molecule has 0 radical (unpaired) electrons. The van der Waals surface area contributed by atoms with Crippen LogP contribution in [0.15, 0.2) is 45.6 Å². The van der Waals surface area contributed by atoms with Crippen LogP contribution in [0.2, 0.25) is 5.02 Å². The summed E-state index contributed by atoms with van der Waals surface area (Å²) in [5, 5.41) is 1.66. The third kappa shape index (κ3) is 2.67. The highest BCUT2D eigenvalue weighted by Crippen LogP contribution is 2.35. The molecule has 4 nitrogen and oxygen atoms in total. The fourth-order valence-electron chi connectivity index (χ4n) is 3.39. The van der Waals surface area contributed by atoms with Gasteiger partial charge in [-0.3, -0.25) is 0 Å². The zero-order chi connectivity index (χ0) is 17.6. The fraction of sp³-hybridized carbons (Fsp3) is 0.250. The Hall–Kier alpha value is -2.46. The summed E-state index contributed by atoms with van der Waals surface area (Å²) in [4.78, 5) is 14.4. The summed E-state index contributed by atoms with van der Waals surface area (Å²) in [7, 11) is 0. The SMILES string of the molecule is CCc1c(C)c2ccc3c(c2oc1=O)CN(c1ccc(Cl)cc1)CO3. The van der Waals surface area contributed by atoms with E-state index >= 15 is 0 Å². The molecule has 1 aliphatic rings. The van der Waals surface area contributed by atoms with Crippen LogP contribution in [0.25, 0.3) is 11.0 Å². The summed E-state index contributed by atoms with van der Waals surface area (Å²) in [6, 6.07) is 11.6. The molecule has 0 fully saturated rings. The molecule has 0 N–H and O–H groups in total. The van der Waals surface area contributed by atoms with E-state index in [0.29, 0.717) is 30.3 Å². The van der Waals surface area contributed by atoms with Gasteiger partial charge in [-0.25, -0.2) is 4.79 Å². The molecule has 2 aromatic carbocycles. The van der Waals surface area contributed by atoms with Crippen molar-refractivity contribution < 1.29 is 9.15 Å². The molecule has 0 aliphatic carbocycles. The molecule has 0 bridgehead atoms. The van der Waals surface area contributed by atoms with Gasteiger partial charge in [0.15, 0.2) is 6.73 Å². The summed E-state index contributed by atoms with van der Waals surface area (Å²) in [5.41, 5.74) is 4.00. The van der Waals surface area contributed by atoms with Crippen LogP contribution in [0, 0.1) is 6.92 Å². The van der Waals surface area contributed by atoms with Crippen LogP contribution in [0.4, 0.5) is 5.69 Å². The van der Waals surface area contributed by atoms with E-state index in [1.54, 1.807) is 0 Å². The Morgan fingerprint density at radius 3 is 2.64 bits per heavy atom. The number of anilines is 1. The lowest BCUT2D eigenvalue weighted by Gasteiger charge is -2.31.